The van der Waals surface area contributed by atoms with E-state index in [1.807, 2.05) is 12.1 Å². The summed E-state index contributed by atoms with van der Waals surface area (Å²) in [5.74, 6) is 0.242. The molecule has 1 saturated heterocycles. The van der Waals surface area contributed by atoms with Crippen LogP contribution in [0.15, 0.2) is 15.9 Å². The molecular weight excluding hydrogens is 266 g/mol. The summed E-state index contributed by atoms with van der Waals surface area (Å²) in [6, 6.07) is 3.37. The molecule has 1 aliphatic rings. The van der Waals surface area contributed by atoms with Crippen LogP contribution in [0.1, 0.15) is 10.9 Å². The minimum Gasteiger partial charge on any atom is -0.312 e. The summed E-state index contributed by atoms with van der Waals surface area (Å²) in [4.78, 5) is 13.8. The molecule has 1 atom stereocenters. The number of likely N-dealkylation sites (N-methyl/N-ethyl adjacent to an activating group) is 1. The van der Waals surface area contributed by atoms with E-state index in [0.717, 1.165) is 8.66 Å². The number of halogens is 1. The largest absolute Gasteiger partial charge is 0.323 e. The molecule has 1 aromatic rings. The SMILES string of the molecule is CN1C(=O)NC(=N)C1c1ccc(Br)s1. The number of hydrogen-bond acceptors (Lipinski definition) is 3. The molecule has 2 heterocycles. The molecule has 2 N–H and O–H groups in total. The van der Waals surface area contributed by atoms with Crippen LogP contribution in [0.25, 0.3) is 0 Å². The molecule has 6 heteroatoms. The number of nitrogens with one attached hydrogen (secondary N) is 2. The molecule has 1 aromatic heterocycles. The number of amides is 2. The third-order valence-electron chi connectivity index (χ3n) is 2.09. The number of urea groups is 1. The molecule has 74 valence electrons. The van der Waals surface area contributed by atoms with Crippen molar-refractivity contribution in [3.05, 3.63) is 20.8 Å². The second-order valence-electron chi connectivity index (χ2n) is 3.00. The number of rotatable bonds is 1. The molecular formula is C8H8BrN3OS. The number of hydrogen-bond donors (Lipinski definition) is 2. The standard InChI is InChI=1S/C8H8BrN3OS/c1-12-6(7(10)11-8(12)13)4-2-3-5(9)14-4/h2-3,6H,1H3,(H2,10,11,13). The van der Waals surface area contributed by atoms with Crippen molar-refractivity contribution in [1.29, 1.82) is 5.41 Å². The highest BCUT2D eigenvalue weighted by Gasteiger charge is 2.34. The van der Waals surface area contributed by atoms with Gasteiger partial charge >= 0.3 is 6.03 Å². The van der Waals surface area contributed by atoms with Crippen molar-refractivity contribution in [3.63, 3.8) is 0 Å². The Morgan fingerprint density at radius 1 is 1.64 bits per heavy atom. The van der Waals surface area contributed by atoms with E-state index in [0.29, 0.717) is 0 Å². The van der Waals surface area contributed by atoms with Gasteiger partial charge in [0.25, 0.3) is 0 Å². The van der Waals surface area contributed by atoms with E-state index in [9.17, 15) is 4.79 Å². The van der Waals surface area contributed by atoms with E-state index in [1.54, 1.807) is 7.05 Å². The fraction of sp³-hybridized carbons (Fsp3) is 0.250. The average Bonchev–Trinajstić information content (AvgIpc) is 2.60. The molecule has 2 rings (SSSR count). The summed E-state index contributed by atoms with van der Waals surface area (Å²) in [7, 11) is 1.69. The molecule has 0 saturated carbocycles. The smallest absolute Gasteiger partial charge is 0.312 e. The summed E-state index contributed by atoms with van der Waals surface area (Å²) in [5, 5.41) is 10.1. The number of thiophene rings is 1. The Bertz CT molecular complexity index is 403. The van der Waals surface area contributed by atoms with Crippen molar-refractivity contribution in [2.75, 3.05) is 7.05 Å². The van der Waals surface area contributed by atoms with Gasteiger partial charge in [-0.25, -0.2) is 4.79 Å². The monoisotopic (exact) mass is 273 g/mol. The van der Waals surface area contributed by atoms with Crippen molar-refractivity contribution >= 4 is 39.1 Å². The summed E-state index contributed by atoms with van der Waals surface area (Å²) in [5.41, 5.74) is 0. The Morgan fingerprint density at radius 3 is 2.79 bits per heavy atom. The predicted octanol–water partition coefficient (Wildman–Crippen LogP) is 2.18. The minimum absolute atomic E-state index is 0.218. The molecule has 1 fully saturated rings. The van der Waals surface area contributed by atoms with E-state index in [2.05, 4.69) is 21.2 Å². The van der Waals surface area contributed by atoms with Crippen LogP contribution in [0.2, 0.25) is 0 Å². The van der Waals surface area contributed by atoms with Crippen LogP contribution < -0.4 is 5.32 Å². The summed E-state index contributed by atoms with van der Waals surface area (Å²) in [6.45, 7) is 0. The Labute approximate surface area is 93.5 Å². The molecule has 0 radical (unpaired) electrons. The van der Waals surface area contributed by atoms with Gasteiger partial charge < -0.3 is 4.90 Å². The van der Waals surface area contributed by atoms with Crippen molar-refractivity contribution in [3.8, 4) is 0 Å². The average molecular weight is 274 g/mol. The third kappa shape index (κ3) is 1.44. The first-order chi connectivity index (χ1) is 6.59. The first-order valence-electron chi connectivity index (χ1n) is 3.97. The van der Waals surface area contributed by atoms with Gasteiger partial charge in [-0.3, -0.25) is 10.7 Å². The van der Waals surface area contributed by atoms with Gasteiger partial charge in [0, 0.05) is 11.9 Å². The van der Waals surface area contributed by atoms with Gasteiger partial charge in [-0.05, 0) is 28.1 Å². The maximum Gasteiger partial charge on any atom is 0.323 e. The maximum absolute atomic E-state index is 11.2. The predicted molar refractivity (Wildman–Crippen MR) is 58.8 cm³/mol. The molecule has 1 unspecified atom stereocenters. The number of carbonyl (C=O) groups excluding carboxylic acids is 1. The number of amidine groups is 1. The van der Waals surface area contributed by atoms with E-state index >= 15 is 0 Å². The molecule has 0 aliphatic carbocycles. The first kappa shape index (κ1) is 9.67. The van der Waals surface area contributed by atoms with Gasteiger partial charge in [-0.15, -0.1) is 11.3 Å². The normalized spacial score (nSPS) is 21.6. The zero-order chi connectivity index (χ0) is 10.3. The van der Waals surface area contributed by atoms with E-state index in [4.69, 9.17) is 5.41 Å². The van der Waals surface area contributed by atoms with Crippen LogP contribution >= 0.6 is 27.3 Å². The third-order valence-corrected chi connectivity index (χ3v) is 3.76. The highest BCUT2D eigenvalue weighted by molar-refractivity contribution is 9.11. The lowest BCUT2D eigenvalue weighted by molar-refractivity contribution is 0.218. The Balaban J connectivity index is 2.35. The van der Waals surface area contributed by atoms with Crippen LogP contribution in [-0.2, 0) is 0 Å². The second-order valence-corrected chi connectivity index (χ2v) is 5.49. The first-order valence-corrected chi connectivity index (χ1v) is 5.58. The van der Waals surface area contributed by atoms with Crippen LogP contribution in [0.5, 0.6) is 0 Å². The maximum atomic E-state index is 11.2. The van der Waals surface area contributed by atoms with Gasteiger partial charge in [0.05, 0.1) is 3.79 Å². The number of carbonyl (C=O) groups is 1. The van der Waals surface area contributed by atoms with E-state index < -0.39 is 0 Å². The second kappa shape index (κ2) is 3.36. The molecule has 0 spiro atoms. The van der Waals surface area contributed by atoms with E-state index in [-0.39, 0.29) is 17.9 Å². The molecule has 4 nitrogen and oxygen atoms in total. The fourth-order valence-corrected chi connectivity index (χ4v) is 2.97. The van der Waals surface area contributed by atoms with Crippen molar-refractivity contribution in [2.45, 2.75) is 6.04 Å². The summed E-state index contributed by atoms with van der Waals surface area (Å²) >= 11 is 4.89. The Morgan fingerprint density at radius 2 is 2.36 bits per heavy atom. The van der Waals surface area contributed by atoms with Crippen LogP contribution in [0.3, 0.4) is 0 Å². The van der Waals surface area contributed by atoms with Crippen LogP contribution in [-0.4, -0.2) is 23.8 Å². The van der Waals surface area contributed by atoms with Gasteiger partial charge in [0.2, 0.25) is 0 Å². The van der Waals surface area contributed by atoms with Crippen LogP contribution in [0, 0.1) is 5.41 Å². The molecule has 2 amide bonds. The van der Waals surface area contributed by atoms with E-state index in [1.165, 1.54) is 16.2 Å². The molecule has 0 bridgehead atoms. The molecule has 1 aliphatic heterocycles. The van der Waals surface area contributed by atoms with Gasteiger partial charge in [-0.2, -0.15) is 0 Å². The lowest BCUT2D eigenvalue weighted by Gasteiger charge is -2.15. The minimum atomic E-state index is -0.251. The van der Waals surface area contributed by atoms with Crippen molar-refractivity contribution < 1.29 is 4.79 Å². The van der Waals surface area contributed by atoms with Crippen molar-refractivity contribution in [2.24, 2.45) is 0 Å². The van der Waals surface area contributed by atoms with Gasteiger partial charge in [0.1, 0.15) is 11.9 Å². The lowest BCUT2D eigenvalue weighted by Crippen LogP contribution is -2.24. The molecule has 0 aromatic carbocycles. The van der Waals surface area contributed by atoms with Gasteiger partial charge in [-0.1, -0.05) is 0 Å². The summed E-state index contributed by atoms with van der Waals surface area (Å²) < 4.78 is 1.01. The van der Waals surface area contributed by atoms with Gasteiger partial charge in [0.15, 0.2) is 0 Å². The topological polar surface area (TPSA) is 56.2 Å². The molecule has 14 heavy (non-hydrogen) atoms. The Kier molecular flexibility index (Phi) is 2.32. The highest BCUT2D eigenvalue weighted by atomic mass is 79.9. The Hall–Kier alpha value is -0.880. The quantitative estimate of drug-likeness (QED) is 0.810. The number of nitrogens with zero attached hydrogens (tertiary/aromatic N) is 1. The van der Waals surface area contributed by atoms with Crippen molar-refractivity contribution in [1.82, 2.24) is 10.2 Å². The van der Waals surface area contributed by atoms with Crippen LogP contribution in [0.4, 0.5) is 4.79 Å². The zero-order valence-electron chi connectivity index (χ0n) is 7.37. The lowest BCUT2D eigenvalue weighted by atomic mass is 10.2. The summed E-state index contributed by atoms with van der Waals surface area (Å²) in [6.07, 6.45) is 0. The fourth-order valence-electron chi connectivity index (χ4n) is 1.39. The highest BCUT2D eigenvalue weighted by Crippen LogP contribution is 2.32. The zero-order valence-corrected chi connectivity index (χ0v) is 9.78.